The van der Waals surface area contributed by atoms with Crippen molar-refractivity contribution in [3.63, 3.8) is 0 Å². The fraction of sp³-hybridized carbons (Fsp3) is 0.700. The molecule has 2 nitrogen and oxygen atoms in total. The Morgan fingerprint density at radius 3 is 2.00 bits per heavy atom. The maximum Gasteiger partial charge on any atom is 0.187 e. The minimum Gasteiger partial charge on any atom is -0.413 e. The van der Waals surface area contributed by atoms with E-state index < -0.39 is 8.32 Å². The van der Waals surface area contributed by atoms with E-state index in [2.05, 4.69) is 62.2 Å². The standard InChI is InChI=1S/C20H37NOSi/c1-5-7-15-21(16-8-6-2)17-12-18-23(3,4)22-19-20-13-10-9-11-14-20/h9-11,13-14H,5-8,12,15-19H2,1-4H3. The smallest absolute Gasteiger partial charge is 0.187 e. The Labute approximate surface area is 145 Å². The van der Waals surface area contributed by atoms with E-state index in [0.717, 1.165) is 6.61 Å². The van der Waals surface area contributed by atoms with Crippen LogP contribution in [0.2, 0.25) is 19.1 Å². The molecule has 0 aliphatic rings. The molecule has 1 rings (SSSR count). The van der Waals surface area contributed by atoms with Crippen molar-refractivity contribution in [2.24, 2.45) is 0 Å². The molecule has 0 aliphatic heterocycles. The number of hydrogen-bond acceptors (Lipinski definition) is 2. The average Bonchev–Trinajstić information content (AvgIpc) is 2.56. The van der Waals surface area contributed by atoms with Gasteiger partial charge < -0.3 is 9.33 Å². The first kappa shape index (κ1) is 20.4. The Kier molecular flexibility index (Phi) is 10.5. The normalized spacial score (nSPS) is 12.0. The van der Waals surface area contributed by atoms with Gasteiger partial charge in [-0.05, 0) is 63.6 Å². The van der Waals surface area contributed by atoms with Crippen LogP contribution in [0.3, 0.4) is 0 Å². The van der Waals surface area contributed by atoms with Gasteiger partial charge in [0.1, 0.15) is 0 Å². The van der Waals surface area contributed by atoms with Crippen molar-refractivity contribution in [3.05, 3.63) is 35.9 Å². The monoisotopic (exact) mass is 335 g/mol. The predicted molar refractivity (Wildman–Crippen MR) is 104 cm³/mol. The lowest BCUT2D eigenvalue weighted by Crippen LogP contribution is -2.33. The molecule has 23 heavy (non-hydrogen) atoms. The van der Waals surface area contributed by atoms with E-state index in [1.807, 2.05) is 0 Å². The second-order valence-electron chi connectivity index (χ2n) is 7.19. The van der Waals surface area contributed by atoms with E-state index in [1.165, 1.54) is 63.3 Å². The Morgan fingerprint density at radius 2 is 1.43 bits per heavy atom. The van der Waals surface area contributed by atoms with E-state index in [1.54, 1.807) is 0 Å². The van der Waals surface area contributed by atoms with Crippen molar-refractivity contribution in [1.29, 1.82) is 0 Å². The van der Waals surface area contributed by atoms with Crippen LogP contribution in [0.4, 0.5) is 0 Å². The van der Waals surface area contributed by atoms with Crippen molar-refractivity contribution < 1.29 is 4.43 Å². The minimum atomic E-state index is -1.54. The lowest BCUT2D eigenvalue weighted by Gasteiger charge is -2.26. The molecular formula is C20H37NOSi. The van der Waals surface area contributed by atoms with Crippen molar-refractivity contribution in [3.8, 4) is 0 Å². The van der Waals surface area contributed by atoms with Crippen LogP contribution in [0.15, 0.2) is 30.3 Å². The molecular weight excluding hydrogens is 298 g/mol. The Balaban J connectivity index is 2.29. The van der Waals surface area contributed by atoms with Crippen molar-refractivity contribution in [2.45, 2.75) is 71.7 Å². The Hall–Kier alpha value is -0.643. The van der Waals surface area contributed by atoms with Gasteiger partial charge in [-0.15, -0.1) is 0 Å². The summed E-state index contributed by atoms with van der Waals surface area (Å²) in [5.74, 6) is 0. The molecule has 0 aromatic heterocycles. The third kappa shape index (κ3) is 9.95. The molecule has 0 aliphatic carbocycles. The number of nitrogens with zero attached hydrogens (tertiary/aromatic N) is 1. The fourth-order valence-corrected chi connectivity index (χ4v) is 4.46. The van der Waals surface area contributed by atoms with Gasteiger partial charge in [-0.1, -0.05) is 57.0 Å². The minimum absolute atomic E-state index is 0.773. The van der Waals surface area contributed by atoms with Gasteiger partial charge in [-0.2, -0.15) is 0 Å². The molecule has 1 aromatic rings. The molecule has 0 saturated heterocycles. The van der Waals surface area contributed by atoms with E-state index in [0.29, 0.717) is 0 Å². The zero-order chi connectivity index (χ0) is 17.0. The largest absolute Gasteiger partial charge is 0.413 e. The van der Waals surface area contributed by atoms with E-state index in [4.69, 9.17) is 4.43 Å². The van der Waals surface area contributed by atoms with Crippen LogP contribution in [0.25, 0.3) is 0 Å². The SMILES string of the molecule is CCCCN(CCCC)CCC[Si](C)(C)OCc1ccccc1. The van der Waals surface area contributed by atoms with Crippen LogP contribution in [0.1, 0.15) is 51.5 Å². The van der Waals surface area contributed by atoms with Crippen LogP contribution in [0, 0.1) is 0 Å². The van der Waals surface area contributed by atoms with Gasteiger partial charge in [-0.25, -0.2) is 0 Å². The van der Waals surface area contributed by atoms with Gasteiger partial charge in [0, 0.05) is 0 Å². The second kappa shape index (κ2) is 11.8. The highest BCUT2D eigenvalue weighted by Crippen LogP contribution is 2.17. The quantitative estimate of drug-likeness (QED) is 0.429. The maximum atomic E-state index is 6.28. The second-order valence-corrected chi connectivity index (χ2v) is 11.5. The lowest BCUT2D eigenvalue weighted by molar-refractivity contribution is 0.259. The summed E-state index contributed by atoms with van der Waals surface area (Å²) in [4.78, 5) is 2.66. The molecule has 0 N–H and O–H groups in total. The summed E-state index contributed by atoms with van der Waals surface area (Å²) < 4.78 is 6.28. The molecule has 0 bridgehead atoms. The van der Waals surface area contributed by atoms with E-state index >= 15 is 0 Å². The van der Waals surface area contributed by atoms with Crippen LogP contribution >= 0.6 is 0 Å². The van der Waals surface area contributed by atoms with Crippen molar-refractivity contribution in [1.82, 2.24) is 4.90 Å². The molecule has 3 heteroatoms. The molecule has 0 spiro atoms. The maximum absolute atomic E-state index is 6.28. The number of rotatable bonds is 13. The van der Waals surface area contributed by atoms with E-state index in [9.17, 15) is 0 Å². The summed E-state index contributed by atoms with van der Waals surface area (Å²) in [6.07, 6.45) is 6.53. The number of hydrogen-bond donors (Lipinski definition) is 0. The van der Waals surface area contributed by atoms with Crippen LogP contribution in [-0.4, -0.2) is 32.9 Å². The highest BCUT2D eigenvalue weighted by Gasteiger charge is 2.22. The summed E-state index contributed by atoms with van der Waals surface area (Å²) in [6.45, 7) is 13.8. The lowest BCUT2D eigenvalue weighted by atomic mass is 10.2. The molecule has 0 amide bonds. The third-order valence-corrected chi connectivity index (χ3v) is 6.86. The van der Waals surface area contributed by atoms with Gasteiger partial charge in [0.2, 0.25) is 0 Å². The molecule has 1 aromatic carbocycles. The van der Waals surface area contributed by atoms with Crippen LogP contribution < -0.4 is 0 Å². The predicted octanol–water partition coefficient (Wildman–Crippen LogP) is 5.70. The highest BCUT2D eigenvalue weighted by atomic mass is 28.4. The summed E-state index contributed by atoms with van der Waals surface area (Å²) in [5, 5.41) is 0. The van der Waals surface area contributed by atoms with Gasteiger partial charge >= 0.3 is 0 Å². The number of unbranched alkanes of at least 4 members (excludes halogenated alkanes) is 2. The molecule has 0 heterocycles. The first-order valence-electron chi connectivity index (χ1n) is 9.47. The molecule has 0 saturated carbocycles. The third-order valence-electron chi connectivity index (χ3n) is 4.38. The summed E-state index contributed by atoms with van der Waals surface area (Å²) in [7, 11) is -1.54. The fourth-order valence-electron chi connectivity index (χ4n) is 2.75. The van der Waals surface area contributed by atoms with Crippen molar-refractivity contribution in [2.75, 3.05) is 19.6 Å². The topological polar surface area (TPSA) is 12.5 Å². The molecule has 132 valence electrons. The molecule has 0 atom stereocenters. The highest BCUT2D eigenvalue weighted by molar-refractivity contribution is 6.71. The molecule has 0 fully saturated rings. The van der Waals surface area contributed by atoms with Gasteiger partial charge in [0.15, 0.2) is 8.32 Å². The summed E-state index contributed by atoms with van der Waals surface area (Å²) in [6, 6.07) is 11.8. The van der Waals surface area contributed by atoms with Gasteiger partial charge in [0.25, 0.3) is 0 Å². The van der Waals surface area contributed by atoms with Crippen LogP contribution in [0.5, 0.6) is 0 Å². The molecule has 0 unspecified atom stereocenters. The first-order valence-corrected chi connectivity index (χ1v) is 12.6. The zero-order valence-corrected chi connectivity index (χ0v) is 16.8. The Morgan fingerprint density at radius 1 is 0.870 bits per heavy atom. The van der Waals surface area contributed by atoms with Gasteiger partial charge in [0.05, 0.1) is 6.61 Å². The van der Waals surface area contributed by atoms with E-state index in [-0.39, 0.29) is 0 Å². The van der Waals surface area contributed by atoms with Gasteiger partial charge in [-0.3, -0.25) is 0 Å². The van der Waals surface area contributed by atoms with Crippen molar-refractivity contribution >= 4 is 8.32 Å². The summed E-state index contributed by atoms with van der Waals surface area (Å²) >= 11 is 0. The summed E-state index contributed by atoms with van der Waals surface area (Å²) in [5.41, 5.74) is 1.29. The first-order chi connectivity index (χ1) is 11.1. The molecule has 0 radical (unpaired) electrons. The number of benzene rings is 1. The average molecular weight is 336 g/mol. The zero-order valence-electron chi connectivity index (χ0n) is 15.8. The Bertz CT molecular complexity index is 386. The van der Waals surface area contributed by atoms with Crippen LogP contribution in [-0.2, 0) is 11.0 Å².